The van der Waals surface area contributed by atoms with Crippen molar-refractivity contribution in [2.24, 2.45) is 0 Å². The first kappa shape index (κ1) is 14.8. The molecule has 0 aliphatic heterocycles. The van der Waals surface area contributed by atoms with Crippen LogP contribution in [0.1, 0.15) is 11.3 Å². The number of sulfonamides is 1. The lowest BCUT2D eigenvalue weighted by atomic mass is 10.2. The van der Waals surface area contributed by atoms with Gasteiger partial charge in [0.15, 0.2) is 0 Å². The number of aryl methyl sites for hydroxylation is 2. The summed E-state index contributed by atoms with van der Waals surface area (Å²) < 4.78 is 26.6. The maximum Gasteiger partial charge on any atom is 0.233 e. The third-order valence-corrected chi connectivity index (χ3v) is 4.30. The lowest BCUT2D eigenvalue weighted by Gasteiger charge is -2.10. The van der Waals surface area contributed by atoms with Gasteiger partial charge in [0.05, 0.1) is 17.1 Å². The second-order valence-corrected chi connectivity index (χ2v) is 6.65. The van der Waals surface area contributed by atoms with E-state index in [2.05, 4.69) is 9.71 Å². The van der Waals surface area contributed by atoms with Crippen molar-refractivity contribution in [3.05, 3.63) is 58.9 Å². The molecule has 0 radical (unpaired) electrons. The largest absolute Gasteiger partial charge is 0.282 e. The average Bonchev–Trinajstić information content (AvgIpc) is 2.41. The number of benzene rings is 1. The Labute approximate surface area is 123 Å². The maximum atomic E-state index is 12.0. The van der Waals surface area contributed by atoms with Gasteiger partial charge < -0.3 is 0 Å². The summed E-state index contributed by atoms with van der Waals surface area (Å²) in [7, 11) is -3.40. The minimum absolute atomic E-state index is 0.0269. The summed E-state index contributed by atoms with van der Waals surface area (Å²) in [5, 5.41) is 0.342. The van der Waals surface area contributed by atoms with Crippen molar-refractivity contribution in [3.8, 4) is 0 Å². The summed E-state index contributed by atoms with van der Waals surface area (Å²) in [4.78, 5) is 4.01. The van der Waals surface area contributed by atoms with Crippen molar-refractivity contribution in [3.63, 3.8) is 0 Å². The molecule has 0 aliphatic rings. The lowest BCUT2D eigenvalue weighted by Crippen LogP contribution is -2.19. The molecular formula is C14H15ClN2O2S. The van der Waals surface area contributed by atoms with Gasteiger partial charge in [-0.1, -0.05) is 41.9 Å². The maximum absolute atomic E-state index is 12.0. The highest BCUT2D eigenvalue weighted by molar-refractivity contribution is 7.92. The molecule has 0 amide bonds. The molecule has 106 valence electrons. The third kappa shape index (κ3) is 4.21. The number of nitrogens with zero attached hydrogens (tertiary/aromatic N) is 1. The Morgan fingerprint density at radius 2 is 1.85 bits per heavy atom. The molecule has 1 heterocycles. The summed E-state index contributed by atoms with van der Waals surface area (Å²) in [5.41, 5.74) is 2.01. The summed E-state index contributed by atoms with van der Waals surface area (Å²) in [6.07, 6.45) is 0.468. The van der Waals surface area contributed by atoms with E-state index in [1.165, 1.54) is 0 Å². The van der Waals surface area contributed by atoms with Gasteiger partial charge in [-0.15, -0.1) is 0 Å². The Bertz CT molecular complexity index is 688. The van der Waals surface area contributed by atoms with E-state index in [1.807, 2.05) is 30.3 Å². The number of anilines is 1. The molecule has 1 aromatic carbocycles. The quantitative estimate of drug-likeness (QED) is 0.864. The van der Waals surface area contributed by atoms with E-state index in [0.717, 1.165) is 5.56 Å². The minimum atomic E-state index is -3.40. The highest BCUT2D eigenvalue weighted by atomic mass is 35.5. The summed E-state index contributed by atoms with van der Waals surface area (Å²) in [5.74, 6) is 0.0269. The summed E-state index contributed by atoms with van der Waals surface area (Å²) in [6.45, 7) is 1.71. The van der Waals surface area contributed by atoms with Gasteiger partial charge in [-0.05, 0) is 31.0 Å². The lowest BCUT2D eigenvalue weighted by molar-refractivity contribution is 0.600. The molecule has 0 bridgehead atoms. The van der Waals surface area contributed by atoms with E-state index in [1.54, 1.807) is 19.1 Å². The molecule has 1 N–H and O–H groups in total. The number of pyridine rings is 1. The van der Waals surface area contributed by atoms with Crippen LogP contribution in [0.25, 0.3) is 0 Å². The van der Waals surface area contributed by atoms with E-state index in [9.17, 15) is 8.42 Å². The van der Waals surface area contributed by atoms with Crippen LogP contribution in [0.5, 0.6) is 0 Å². The Balaban J connectivity index is 2.04. The second kappa shape index (κ2) is 6.24. The zero-order chi connectivity index (χ0) is 14.6. The van der Waals surface area contributed by atoms with Crippen molar-refractivity contribution in [1.29, 1.82) is 0 Å². The van der Waals surface area contributed by atoms with Crippen LogP contribution in [0.3, 0.4) is 0 Å². The fraction of sp³-hybridized carbons (Fsp3) is 0.214. The number of hydrogen-bond acceptors (Lipinski definition) is 3. The molecule has 0 aliphatic carbocycles. The van der Waals surface area contributed by atoms with Gasteiger partial charge in [-0.2, -0.15) is 0 Å². The third-order valence-electron chi connectivity index (χ3n) is 2.82. The van der Waals surface area contributed by atoms with Crippen LogP contribution < -0.4 is 4.72 Å². The smallest absolute Gasteiger partial charge is 0.233 e. The predicted octanol–water partition coefficient (Wildman–Crippen LogP) is 3.03. The van der Waals surface area contributed by atoms with Gasteiger partial charge in [0.1, 0.15) is 5.15 Å². The van der Waals surface area contributed by atoms with Crippen LogP contribution in [-0.2, 0) is 16.4 Å². The predicted molar refractivity (Wildman–Crippen MR) is 81.5 cm³/mol. The van der Waals surface area contributed by atoms with Crippen molar-refractivity contribution in [2.45, 2.75) is 13.3 Å². The molecule has 4 nitrogen and oxygen atoms in total. The standard InChI is InChI=1S/C14H15ClN2O2S/c1-11-13(7-8-14(15)16-11)17-20(18,19)10-9-12-5-3-2-4-6-12/h2-8,17H,9-10H2,1H3. The molecule has 0 unspecified atom stereocenters. The van der Waals surface area contributed by atoms with E-state index in [-0.39, 0.29) is 5.75 Å². The average molecular weight is 311 g/mol. The van der Waals surface area contributed by atoms with Crippen LogP contribution in [0.4, 0.5) is 5.69 Å². The number of hydrogen-bond donors (Lipinski definition) is 1. The van der Waals surface area contributed by atoms with Gasteiger partial charge in [0, 0.05) is 0 Å². The molecule has 2 rings (SSSR count). The van der Waals surface area contributed by atoms with E-state index >= 15 is 0 Å². The van der Waals surface area contributed by atoms with Crippen molar-refractivity contribution in [2.75, 3.05) is 10.5 Å². The monoisotopic (exact) mass is 310 g/mol. The van der Waals surface area contributed by atoms with Gasteiger partial charge in [-0.25, -0.2) is 13.4 Å². The fourth-order valence-electron chi connectivity index (χ4n) is 1.75. The first-order chi connectivity index (χ1) is 9.46. The Hall–Kier alpha value is -1.59. The second-order valence-electron chi connectivity index (χ2n) is 4.42. The molecule has 6 heteroatoms. The zero-order valence-corrected chi connectivity index (χ0v) is 12.6. The highest BCUT2D eigenvalue weighted by Gasteiger charge is 2.12. The minimum Gasteiger partial charge on any atom is -0.282 e. The first-order valence-corrected chi connectivity index (χ1v) is 8.17. The van der Waals surface area contributed by atoms with E-state index in [4.69, 9.17) is 11.6 Å². The molecule has 0 spiro atoms. The van der Waals surface area contributed by atoms with Crippen LogP contribution in [0.15, 0.2) is 42.5 Å². The zero-order valence-electron chi connectivity index (χ0n) is 11.0. The SMILES string of the molecule is Cc1nc(Cl)ccc1NS(=O)(=O)CCc1ccccc1. The summed E-state index contributed by atoms with van der Waals surface area (Å²) in [6, 6.07) is 12.7. The Morgan fingerprint density at radius 1 is 1.15 bits per heavy atom. The topological polar surface area (TPSA) is 59.1 Å². The van der Waals surface area contributed by atoms with Gasteiger partial charge >= 0.3 is 0 Å². The van der Waals surface area contributed by atoms with Gasteiger partial charge in [0.2, 0.25) is 10.0 Å². The van der Waals surface area contributed by atoms with Crippen LogP contribution in [0.2, 0.25) is 5.15 Å². The highest BCUT2D eigenvalue weighted by Crippen LogP contribution is 2.17. The van der Waals surface area contributed by atoms with Crippen molar-refractivity contribution < 1.29 is 8.42 Å². The molecule has 0 fully saturated rings. The molecule has 1 aromatic heterocycles. The normalized spacial score (nSPS) is 11.3. The number of halogens is 1. The molecule has 2 aromatic rings. The van der Waals surface area contributed by atoms with Crippen LogP contribution in [0, 0.1) is 6.92 Å². The fourth-order valence-corrected chi connectivity index (χ4v) is 3.10. The molecule has 20 heavy (non-hydrogen) atoms. The molecule has 0 saturated heterocycles. The Kier molecular flexibility index (Phi) is 4.62. The van der Waals surface area contributed by atoms with Gasteiger partial charge in [-0.3, -0.25) is 4.72 Å². The van der Waals surface area contributed by atoms with Crippen molar-refractivity contribution >= 4 is 27.3 Å². The first-order valence-electron chi connectivity index (χ1n) is 6.14. The van der Waals surface area contributed by atoms with E-state index < -0.39 is 10.0 Å². The van der Waals surface area contributed by atoms with Gasteiger partial charge in [0.25, 0.3) is 0 Å². The molecule has 0 atom stereocenters. The number of rotatable bonds is 5. The molecule has 0 saturated carbocycles. The van der Waals surface area contributed by atoms with Crippen LogP contribution >= 0.6 is 11.6 Å². The van der Waals surface area contributed by atoms with E-state index in [0.29, 0.717) is 23.0 Å². The van der Waals surface area contributed by atoms with Crippen LogP contribution in [-0.4, -0.2) is 19.2 Å². The number of aromatic nitrogens is 1. The Morgan fingerprint density at radius 3 is 2.50 bits per heavy atom. The van der Waals surface area contributed by atoms with Crippen molar-refractivity contribution in [1.82, 2.24) is 4.98 Å². The molecular weight excluding hydrogens is 296 g/mol. The summed E-state index contributed by atoms with van der Waals surface area (Å²) >= 11 is 5.74. The number of nitrogens with one attached hydrogen (secondary N) is 1.